The molecule has 2 N–H and O–H groups in total. The molecule has 0 fully saturated rings. The lowest BCUT2D eigenvalue weighted by atomic mass is 9.99. The number of hydrogen-bond acceptors (Lipinski definition) is 8. The van der Waals surface area contributed by atoms with Crippen molar-refractivity contribution in [3.8, 4) is 11.5 Å². The van der Waals surface area contributed by atoms with E-state index in [4.69, 9.17) is 9.47 Å². The number of benzene rings is 3. The largest absolute Gasteiger partial charge is 0.454 e. The van der Waals surface area contributed by atoms with Gasteiger partial charge < -0.3 is 29.9 Å². The van der Waals surface area contributed by atoms with Crippen molar-refractivity contribution in [2.75, 3.05) is 50.0 Å². The lowest BCUT2D eigenvalue weighted by Crippen LogP contribution is -2.29. The minimum Gasteiger partial charge on any atom is -0.454 e. The third-order valence-corrected chi connectivity index (χ3v) is 6.54. The zero-order valence-electron chi connectivity index (χ0n) is 21.7. The fourth-order valence-electron chi connectivity index (χ4n) is 4.40. The molecule has 200 valence electrons. The number of rotatable bonds is 8. The van der Waals surface area contributed by atoms with Crippen molar-refractivity contribution in [1.29, 1.82) is 0 Å². The van der Waals surface area contributed by atoms with Gasteiger partial charge >= 0.3 is 0 Å². The van der Waals surface area contributed by atoms with Crippen LogP contribution in [0.3, 0.4) is 0 Å². The molecule has 0 spiro atoms. The van der Waals surface area contributed by atoms with Crippen LogP contribution >= 0.6 is 0 Å². The molecule has 2 heterocycles. The second-order valence-electron chi connectivity index (χ2n) is 9.44. The molecule has 0 saturated heterocycles. The third-order valence-electron chi connectivity index (χ3n) is 6.54. The molecule has 0 aromatic heterocycles. The summed E-state index contributed by atoms with van der Waals surface area (Å²) in [6.07, 6.45) is 0.399. The van der Waals surface area contributed by atoms with Crippen LogP contribution in [0.2, 0.25) is 0 Å². The summed E-state index contributed by atoms with van der Waals surface area (Å²) in [4.78, 5) is 40.1. The van der Waals surface area contributed by atoms with Crippen LogP contribution in [0.5, 0.6) is 11.5 Å². The van der Waals surface area contributed by atoms with Crippen LogP contribution in [-0.2, 0) is 9.59 Å². The van der Waals surface area contributed by atoms with E-state index in [0.717, 1.165) is 5.69 Å². The van der Waals surface area contributed by atoms with Gasteiger partial charge in [0.15, 0.2) is 11.5 Å². The molecule has 2 amide bonds. The lowest BCUT2D eigenvalue weighted by molar-refractivity contribution is -0.384. The Bertz CT molecular complexity index is 1500. The Hall–Kier alpha value is -4.90. The first-order chi connectivity index (χ1) is 18.7. The fourth-order valence-corrected chi connectivity index (χ4v) is 4.40. The summed E-state index contributed by atoms with van der Waals surface area (Å²) in [5.41, 5.74) is 3.67. The highest BCUT2D eigenvalue weighted by Crippen LogP contribution is 2.41. The van der Waals surface area contributed by atoms with Gasteiger partial charge in [0.1, 0.15) is 0 Å². The number of fused-ring (bicyclic) bond motifs is 2. The number of nitro benzene ring substituents is 1. The molecule has 0 unspecified atom stereocenters. The van der Waals surface area contributed by atoms with Gasteiger partial charge in [0.25, 0.3) is 11.6 Å². The highest BCUT2D eigenvalue weighted by molar-refractivity contribution is 6.37. The van der Waals surface area contributed by atoms with Crippen molar-refractivity contribution in [2.45, 2.75) is 6.42 Å². The van der Waals surface area contributed by atoms with Gasteiger partial charge in [-0.25, -0.2) is 0 Å². The van der Waals surface area contributed by atoms with Crippen LogP contribution in [0.25, 0.3) is 11.3 Å². The van der Waals surface area contributed by atoms with Gasteiger partial charge in [-0.3, -0.25) is 19.7 Å². The van der Waals surface area contributed by atoms with E-state index >= 15 is 0 Å². The maximum atomic E-state index is 13.2. The van der Waals surface area contributed by atoms with Crippen LogP contribution in [0.15, 0.2) is 60.7 Å². The van der Waals surface area contributed by atoms with E-state index in [2.05, 4.69) is 10.6 Å². The van der Waals surface area contributed by atoms with Crippen LogP contribution < -0.4 is 25.0 Å². The van der Waals surface area contributed by atoms with Crippen molar-refractivity contribution in [2.24, 2.45) is 0 Å². The monoisotopic (exact) mass is 529 g/mol. The van der Waals surface area contributed by atoms with E-state index in [0.29, 0.717) is 58.2 Å². The number of nitro groups is 1. The van der Waals surface area contributed by atoms with Crippen molar-refractivity contribution in [3.05, 3.63) is 81.9 Å². The number of amides is 2. The quantitative estimate of drug-likeness (QED) is 0.253. The van der Waals surface area contributed by atoms with Crippen LogP contribution in [0.4, 0.5) is 22.7 Å². The normalized spacial score (nSPS) is 14.6. The molecule has 0 aliphatic carbocycles. The second kappa shape index (κ2) is 10.5. The Morgan fingerprint density at radius 2 is 1.77 bits per heavy atom. The molecule has 39 heavy (non-hydrogen) atoms. The summed E-state index contributed by atoms with van der Waals surface area (Å²) in [6.45, 7) is 0.759. The molecule has 11 nitrogen and oxygen atoms in total. The number of ether oxygens (including phenoxy) is 2. The van der Waals surface area contributed by atoms with E-state index < -0.39 is 10.8 Å². The first-order valence-corrected chi connectivity index (χ1v) is 12.2. The molecule has 3 aromatic rings. The van der Waals surface area contributed by atoms with Crippen LogP contribution in [0.1, 0.15) is 17.5 Å². The fraction of sp³-hybridized carbons (Fsp3) is 0.214. The average Bonchev–Trinajstić information content (AvgIpc) is 3.52. The van der Waals surface area contributed by atoms with Crippen LogP contribution in [-0.4, -0.2) is 56.1 Å². The first-order valence-electron chi connectivity index (χ1n) is 12.2. The number of nitrogens with zero attached hydrogens (tertiary/aromatic N) is 3. The first kappa shape index (κ1) is 25.7. The second-order valence-corrected chi connectivity index (χ2v) is 9.44. The summed E-state index contributed by atoms with van der Waals surface area (Å²) < 4.78 is 11.0. The summed E-state index contributed by atoms with van der Waals surface area (Å²) in [6, 6.07) is 16.9. The van der Waals surface area contributed by atoms with Crippen molar-refractivity contribution >= 4 is 45.8 Å². The van der Waals surface area contributed by atoms with Gasteiger partial charge in [-0.1, -0.05) is 0 Å². The minimum atomic E-state index is -0.505. The minimum absolute atomic E-state index is 0.000836. The Kier molecular flexibility index (Phi) is 6.90. The maximum absolute atomic E-state index is 13.2. The standard InChI is InChI=1S/C28H27N5O6/c1-31(2)13-12-25(34)32(3)19-7-5-18(6-8-19)29-27(17-4-11-23-24(14-17)39-16-38-23)26-21-10-9-20(33(36)37)15-22(21)30-28(26)35/h4-11,14-15,29H,12-13,16H2,1-3H3,(H,30,35). The number of carbonyl (C=O) groups excluding carboxylic acids is 2. The zero-order valence-corrected chi connectivity index (χ0v) is 21.7. The molecular weight excluding hydrogens is 502 g/mol. The lowest BCUT2D eigenvalue weighted by Gasteiger charge is -2.20. The molecule has 2 aliphatic heterocycles. The molecule has 2 aliphatic rings. The molecule has 0 saturated carbocycles. The smallest absolute Gasteiger partial charge is 0.271 e. The Labute approximate surface area is 224 Å². The van der Waals surface area contributed by atoms with E-state index in [1.54, 1.807) is 30.1 Å². The Morgan fingerprint density at radius 1 is 1.03 bits per heavy atom. The molecule has 11 heteroatoms. The van der Waals surface area contributed by atoms with Crippen molar-refractivity contribution < 1.29 is 24.0 Å². The number of carbonyl (C=O) groups is 2. The number of non-ortho nitro benzene ring substituents is 1. The van der Waals surface area contributed by atoms with Gasteiger partial charge in [0.05, 0.1) is 21.9 Å². The average molecular weight is 530 g/mol. The molecule has 0 radical (unpaired) electrons. The number of anilines is 3. The Morgan fingerprint density at radius 3 is 2.49 bits per heavy atom. The molecule has 5 rings (SSSR count). The zero-order chi connectivity index (χ0) is 27.7. The highest BCUT2D eigenvalue weighted by atomic mass is 16.7. The van der Waals surface area contributed by atoms with Gasteiger partial charge in [-0.05, 0) is 62.6 Å². The molecular formula is C28H27N5O6. The topological polar surface area (TPSA) is 126 Å². The molecule has 0 atom stereocenters. The number of hydrogen-bond donors (Lipinski definition) is 2. The highest BCUT2D eigenvalue weighted by Gasteiger charge is 2.30. The predicted octanol–water partition coefficient (Wildman–Crippen LogP) is 4.17. The van der Waals surface area contributed by atoms with Crippen LogP contribution in [0, 0.1) is 10.1 Å². The SMILES string of the molecule is CN(C)CCC(=O)N(C)c1ccc(NC(=C2C(=O)Nc3cc([N+](=O)[O-])ccc32)c2ccc3c(c2)OCO3)cc1. The molecule has 0 bridgehead atoms. The van der Waals surface area contributed by atoms with E-state index in [-0.39, 0.29) is 18.4 Å². The summed E-state index contributed by atoms with van der Waals surface area (Å²) in [5.74, 6) is 0.749. The maximum Gasteiger partial charge on any atom is 0.271 e. The summed E-state index contributed by atoms with van der Waals surface area (Å²) in [7, 11) is 5.58. The Balaban J connectivity index is 1.51. The van der Waals surface area contributed by atoms with Crippen molar-refractivity contribution in [1.82, 2.24) is 4.90 Å². The summed E-state index contributed by atoms with van der Waals surface area (Å²) in [5, 5.41) is 17.4. The van der Waals surface area contributed by atoms with E-state index in [1.165, 1.54) is 12.1 Å². The predicted molar refractivity (Wildman–Crippen MR) is 148 cm³/mol. The third kappa shape index (κ3) is 5.25. The molecule has 3 aromatic carbocycles. The van der Waals surface area contributed by atoms with E-state index in [9.17, 15) is 19.7 Å². The van der Waals surface area contributed by atoms with Gasteiger partial charge in [0, 0.05) is 54.6 Å². The van der Waals surface area contributed by atoms with Crippen molar-refractivity contribution in [3.63, 3.8) is 0 Å². The van der Waals surface area contributed by atoms with Gasteiger partial charge in [-0.15, -0.1) is 0 Å². The number of nitrogens with one attached hydrogen (secondary N) is 2. The van der Waals surface area contributed by atoms with Gasteiger partial charge in [-0.2, -0.15) is 0 Å². The van der Waals surface area contributed by atoms with Gasteiger partial charge in [0.2, 0.25) is 12.7 Å². The van der Waals surface area contributed by atoms with E-state index in [1.807, 2.05) is 49.3 Å². The summed E-state index contributed by atoms with van der Waals surface area (Å²) >= 11 is 0.